The van der Waals surface area contributed by atoms with Gasteiger partial charge in [-0.25, -0.2) is 4.39 Å². The predicted octanol–water partition coefficient (Wildman–Crippen LogP) is 2.53. The number of methoxy groups -OCH3 is 1. The molecule has 0 fully saturated rings. The van der Waals surface area contributed by atoms with Crippen LogP contribution in [-0.2, 0) is 11.2 Å². The Balaban J connectivity index is 2.68. The lowest BCUT2D eigenvalue weighted by Crippen LogP contribution is -2.26. The molecule has 2 unspecified atom stereocenters. The van der Waals surface area contributed by atoms with Crippen molar-refractivity contribution in [2.24, 2.45) is 0 Å². The summed E-state index contributed by atoms with van der Waals surface area (Å²) >= 11 is 3.10. The average Bonchev–Trinajstić information content (AvgIpc) is 2.22. The van der Waals surface area contributed by atoms with Gasteiger partial charge in [0, 0.05) is 13.5 Å². The molecule has 0 saturated carbocycles. The number of aliphatic hydroxyl groups excluding tert-OH is 1. The van der Waals surface area contributed by atoms with Crippen LogP contribution < -0.4 is 0 Å². The average molecular weight is 277 g/mol. The molecule has 0 radical (unpaired) electrons. The summed E-state index contributed by atoms with van der Waals surface area (Å²) < 4.78 is 18.3. The van der Waals surface area contributed by atoms with Gasteiger partial charge in [-0.05, 0) is 40.5 Å². The maximum absolute atomic E-state index is 12.9. The van der Waals surface area contributed by atoms with E-state index in [0.717, 1.165) is 5.56 Å². The van der Waals surface area contributed by atoms with Crippen molar-refractivity contribution in [1.82, 2.24) is 0 Å². The minimum absolute atomic E-state index is 0.228. The Hall–Kier alpha value is -0.450. The molecule has 0 heterocycles. The van der Waals surface area contributed by atoms with Crippen LogP contribution in [-0.4, -0.2) is 24.4 Å². The molecule has 4 heteroatoms. The topological polar surface area (TPSA) is 29.5 Å². The smallest absolute Gasteiger partial charge is 0.137 e. The lowest BCUT2D eigenvalue weighted by Gasteiger charge is -2.17. The third-order valence-electron chi connectivity index (χ3n) is 2.34. The van der Waals surface area contributed by atoms with E-state index in [1.54, 1.807) is 26.2 Å². The molecular formula is C11H14BrFO2. The van der Waals surface area contributed by atoms with Gasteiger partial charge in [-0.15, -0.1) is 0 Å². The van der Waals surface area contributed by atoms with Gasteiger partial charge >= 0.3 is 0 Å². The van der Waals surface area contributed by atoms with Crippen LogP contribution in [0, 0.1) is 5.82 Å². The second-order valence-electron chi connectivity index (χ2n) is 3.46. The van der Waals surface area contributed by atoms with Crippen LogP contribution in [0.5, 0.6) is 0 Å². The number of halogens is 2. The van der Waals surface area contributed by atoms with Gasteiger partial charge in [0.05, 0.1) is 16.7 Å². The minimum Gasteiger partial charge on any atom is -0.390 e. The minimum atomic E-state index is -0.577. The lowest BCUT2D eigenvalue weighted by atomic mass is 10.0. The van der Waals surface area contributed by atoms with Crippen LogP contribution in [0.3, 0.4) is 0 Å². The standard InChI is InChI=1S/C11H14BrFO2/c1-7(15-2)11(14)6-8-3-4-10(13)9(12)5-8/h3-5,7,11,14H,6H2,1-2H3. The predicted molar refractivity (Wildman–Crippen MR) is 60.3 cm³/mol. The van der Waals surface area contributed by atoms with E-state index in [-0.39, 0.29) is 11.9 Å². The first-order chi connectivity index (χ1) is 7.04. The van der Waals surface area contributed by atoms with E-state index in [1.807, 2.05) is 0 Å². The summed E-state index contributed by atoms with van der Waals surface area (Å²) in [7, 11) is 1.55. The van der Waals surface area contributed by atoms with Gasteiger partial charge in [0.2, 0.25) is 0 Å². The molecule has 0 aromatic heterocycles. The van der Waals surface area contributed by atoms with Crippen LogP contribution >= 0.6 is 15.9 Å². The molecule has 0 aliphatic rings. The molecule has 1 aromatic carbocycles. The summed E-state index contributed by atoms with van der Waals surface area (Å²) in [6.45, 7) is 1.79. The molecule has 0 aliphatic carbocycles. The van der Waals surface area contributed by atoms with Gasteiger partial charge in [0.1, 0.15) is 5.82 Å². The van der Waals surface area contributed by atoms with Gasteiger partial charge in [0.15, 0.2) is 0 Å². The van der Waals surface area contributed by atoms with Crippen molar-refractivity contribution in [3.8, 4) is 0 Å². The quantitative estimate of drug-likeness (QED) is 0.916. The summed E-state index contributed by atoms with van der Waals surface area (Å²) in [6.07, 6.45) is -0.352. The monoisotopic (exact) mass is 276 g/mol. The first kappa shape index (κ1) is 12.6. The zero-order valence-corrected chi connectivity index (χ0v) is 10.3. The molecule has 0 bridgehead atoms. The zero-order chi connectivity index (χ0) is 11.4. The third kappa shape index (κ3) is 3.55. The van der Waals surface area contributed by atoms with E-state index >= 15 is 0 Å². The summed E-state index contributed by atoms with van der Waals surface area (Å²) in [5.74, 6) is -0.298. The number of ether oxygens (including phenoxy) is 1. The first-order valence-corrected chi connectivity index (χ1v) is 5.48. The summed E-state index contributed by atoms with van der Waals surface area (Å²) in [5.41, 5.74) is 0.875. The van der Waals surface area contributed by atoms with Crippen LogP contribution in [0.15, 0.2) is 22.7 Å². The number of aliphatic hydroxyl groups is 1. The highest BCUT2D eigenvalue weighted by Crippen LogP contribution is 2.18. The summed E-state index contributed by atoms with van der Waals surface area (Å²) in [6, 6.07) is 4.70. The fourth-order valence-electron chi connectivity index (χ4n) is 1.23. The third-order valence-corrected chi connectivity index (χ3v) is 2.95. The fourth-order valence-corrected chi connectivity index (χ4v) is 1.66. The SMILES string of the molecule is COC(C)C(O)Cc1ccc(F)c(Br)c1. The Kier molecular flexibility index (Phi) is 4.70. The second kappa shape index (κ2) is 5.58. The fraction of sp³-hybridized carbons (Fsp3) is 0.455. The number of hydrogen-bond donors (Lipinski definition) is 1. The maximum atomic E-state index is 12.9. The van der Waals surface area contributed by atoms with Gasteiger partial charge in [0.25, 0.3) is 0 Å². The Morgan fingerprint density at radius 2 is 2.20 bits per heavy atom. The van der Waals surface area contributed by atoms with E-state index in [1.165, 1.54) is 6.07 Å². The molecule has 2 atom stereocenters. The van der Waals surface area contributed by atoms with Crippen LogP contribution in [0.2, 0.25) is 0 Å². The van der Waals surface area contributed by atoms with Gasteiger partial charge in [-0.2, -0.15) is 0 Å². The molecular weight excluding hydrogens is 263 g/mol. The van der Waals surface area contributed by atoms with E-state index in [9.17, 15) is 9.50 Å². The van der Waals surface area contributed by atoms with E-state index in [0.29, 0.717) is 10.9 Å². The largest absolute Gasteiger partial charge is 0.390 e. The van der Waals surface area contributed by atoms with Crippen LogP contribution in [0.1, 0.15) is 12.5 Å². The highest BCUT2D eigenvalue weighted by Gasteiger charge is 2.14. The van der Waals surface area contributed by atoms with Gasteiger partial charge in [-0.3, -0.25) is 0 Å². The normalized spacial score (nSPS) is 15.0. The van der Waals surface area contributed by atoms with Gasteiger partial charge in [-0.1, -0.05) is 6.07 Å². The van der Waals surface area contributed by atoms with E-state index in [4.69, 9.17) is 4.74 Å². The molecule has 15 heavy (non-hydrogen) atoms. The lowest BCUT2D eigenvalue weighted by molar-refractivity contribution is 0.000395. The highest BCUT2D eigenvalue weighted by molar-refractivity contribution is 9.10. The number of benzene rings is 1. The van der Waals surface area contributed by atoms with Crippen molar-refractivity contribution in [2.75, 3.05) is 7.11 Å². The summed E-state index contributed by atoms with van der Waals surface area (Å²) in [4.78, 5) is 0. The Morgan fingerprint density at radius 1 is 1.53 bits per heavy atom. The molecule has 0 saturated heterocycles. The van der Waals surface area contributed by atoms with Gasteiger partial charge < -0.3 is 9.84 Å². The molecule has 2 nitrogen and oxygen atoms in total. The number of rotatable bonds is 4. The summed E-state index contributed by atoms with van der Waals surface area (Å²) in [5, 5.41) is 9.70. The molecule has 0 aliphatic heterocycles. The molecule has 0 amide bonds. The van der Waals surface area contributed by atoms with Crippen molar-refractivity contribution in [1.29, 1.82) is 0 Å². The molecule has 0 spiro atoms. The zero-order valence-electron chi connectivity index (χ0n) is 8.71. The Morgan fingerprint density at radius 3 is 2.73 bits per heavy atom. The van der Waals surface area contributed by atoms with Crippen molar-refractivity contribution >= 4 is 15.9 Å². The van der Waals surface area contributed by atoms with Crippen molar-refractivity contribution in [2.45, 2.75) is 25.6 Å². The maximum Gasteiger partial charge on any atom is 0.137 e. The molecule has 1 N–H and O–H groups in total. The second-order valence-corrected chi connectivity index (χ2v) is 4.32. The molecule has 1 rings (SSSR count). The first-order valence-electron chi connectivity index (χ1n) is 4.69. The highest BCUT2D eigenvalue weighted by atomic mass is 79.9. The van der Waals surface area contributed by atoms with Crippen LogP contribution in [0.4, 0.5) is 4.39 Å². The van der Waals surface area contributed by atoms with Crippen molar-refractivity contribution < 1.29 is 14.2 Å². The molecule has 1 aromatic rings. The molecule has 84 valence electrons. The Labute approximate surface area is 97.2 Å². The van der Waals surface area contributed by atoms with Crippen molar-refractivity contribution in [3.63, 3.8) is 0 Å². The van der Waals surface area contributed by atoms with E-state index < -0.39 is 6.10 Å². The number of hydrogen-bond acceptors (Lipinski definition) is 2. The Bertz CT molecular complexity index is 330. The van der Waals surface area contributed by atoms with Crippen LogP contribution in [0.25, 0.3) is 0 Å². The van der Waals surface area contributed by atoms with Crippen molar-refractivity contribution in [3.05, 3.63) is 34.1 Å². The van der Waals surface area contributed by atoms with E-state index in [2.05, 4.69) is 15.9 Å².